The van der Waals surface area contributed by atoms with Crippen molar-refractivity contribution in [3.05, 3.63) is 0 Å². The van der Waals surface area contributed by atoms with E-state index in [0.29, 0.717) is 0 Å². The molecule has 3 nitrogen and oxygen atoms in total. The van der Waals surface area contributed by atoms with Crippen LogP contribution in [0.25, 0.3) is 0 Å². The van der Waals surface area contributed by atoms with E-state index in [9.17, 15) is 4.79 Å². The molecule has 0 aromatic carbocycles. The van der Waals surface area contributed by atoms with Gasteiger partial charge in [0.1, 0.15) is 5.60 Å². The van der Waals surface area contributed by atoms with Crippen LogP contribution in [0.1, 0.15) is 33.6 Å². The highest BCUT2D eigenvalue weighted by molar-refractivity contribution is 9.09. The number of carbonyl (C=O) groups excluding carboxylic acids is 1. The molecule has 0 heterocycles. The molecular formula is C9H16BrNO2. The van der Waals surface area contributed by atoms with E-state index in [1.54, 1.807) is 0 Å². The van der Waals surface area contributed by atoms with E-state index < -0.39 is 5.60 Å². The summed E-state index contributed by atoms with van der Waals surface area (Å²) in [5.74, 6) is 0. The Labute approximate surface area is 87.3 Å². The van der Waals surface area contributed by atoms with Crippen molar-refractivity contribution in [3.63, 3.8) is 0 Å². The van der Waals surface area contributed by atoms with Crippen LogP contribution in [0.15, 0.2) is 0 Å². The fraction of sp³-hybridized carbons (Fsp3) is 0.889. The van der Waals surface area contributed by atoms with Gasteiger partial charge in [-0.15, -0.1) is 0 Å². The van der Waals surface area contributed by atoms with Crippen LogP contribution in [0.3, 0.4) is 0 Å². The Morgan fingerprint density at radius 3 is 2.38 bits per heavy atom. The average Bonchev–Trinajstić information content (AvgIpc) is 2.65. The summed E-state index contributed by atoms with van der Waals surface area (Å²) in [5.41, 5.74) is -0.436. The maximum Gasteiger partial charge on any atom is 0.408 e. The van der Waals surface area contributed by atoms with Crippen LogP contribution in [-0.4, -0.2) is 22.6 Å². The number of hydrogen-bond acceptors (Lipinski definition) is 2. The molecule has 1 aliphatic carbocycles. The van der Waals surface area contributed by atoms with Crippen molar-refractivity contribution in [1.82, 2.24) is 5.32 Å². The third kappa shape index (κ3) is 3.55. The quantitative estimate of drug-likeness (QED) is 0.764. The van der Waals surface area contributed by atoms with Crippen molar-refractivity contribution in [2.24, 2.45) is 0 Å². The minimum Gasteiger partial charge on any atom is -0.444 e. The Morgan fingerprint density at radius 2 is 2.08 bits per heavy atom. The van der Waals surface area contributed by atoms with Gasteiger partial charge >= 0.3 is 6.09 Å². The minimum atomic E-state index is -0.410. The largest absolute Gasteiger partial charge is 0.444 e. The van der Waals surface area contributed by atoms with Crippen LogP contribution in [0.2, 0.25) is 0 Å². The van der Waals surface area contributed by atoms with E-state index in [1.807, 2.05) is 20.8 Å². The van der Waals surface area contributed by atoms with Gasteiger partial charge in [0.05, 0.1) is 5.54 Å². The number of alkyl halides is 1. The van der Waals surface area contributed by atoms with Gasteiger partial charge in [-0.2, -0.15) is 0 Å². The highest BCUT2D eigenvalue weighted by atomic mass is 79.9. The molecule has 0 aromatic heterocycles. The SMILES string of the molecule is CC(C)(C)OC(=O)NC1(CBr)CC1. The monoisotopic (exact) mass is 249 g/mol. The second-order valence-corrected chi connectivity index (χ2v) is 5.10. The summed E-state index contributed by atoms with van der Waals surface area (Å²) in [4.78, 5) is 11.3. The number of alkyl carbamates (subject to hydrolysis) is 1. The first-order valence-electron chi connectivity index (χ1n) is 4.44. The van der Waals surface area contributed by atoms with Gasteiger partial charge in [-0.1, -0.05) is 15.9 Å². The zero-order valence-electron chi connectivity index (χ0n) is 8.32. The fourth-order valence-electron chi connectivity index (χ4n) is 0.963. The lowest BCUT2D eigenvalue weighted by Crippen LogP contribution is -2.41. The van der Waals surface area contributed by atoms with Gasteiger partial charge in [-0.05, 0) is 33.6 Å². The molecule has 0 saturated heterocycles. The number of hydrogen-bond donors (Lipinski definition) is 1. The summed E-state index contributed by atoms with van der Waals surface area (Å²) >= 11 is 3.37. The fourth-order valence-corrected chi connectivity index (χ4v) is 1.66. The summed E-state index contributed by atoms with van der Waals surface area (Å²) < 4.78 is 5.14. The topological polar surface area (TPSA) is 38.3 Å². The van der Waals surface area contributed by atoms with Gasteiger partial charge in [-0.25, -0.2) is 4.79 Å². The molecular weight excluding hydrogens is 234 g/mol. The summed E-state index contributed by atoms with van der Waals surface area (Å²) in [6.07, 6.45) is 1.76. The normalized spacial score (nSPS) is 19.4. The highest BCUT2D eigenvalue weighted by Gasteiger charge is 2.43. The molecule has 76 valence electrons. The summed E-state index contributed by atoms with van der Waals surface area (Å²) in [5, 5.41) is 3.67. The second kappa shape index (κ2) is 3.48. The molecule has 1 saturated carbocycles. The van der Waals surface area contributed by atoms with Crippen molar-refractivity contribution in [1.29, 1.82) is 0 Å². The number of nitrogens with one attached hydrogen (secondary N) is 1. The van der Waals surface area contributed by atoms with Crippen molar-refractivity contribution in [2.75, 3.05) is 5.33 Å². The molecule has 0 aliphatic heterocycles. The Kier molecular flexibility index (Phi) is 2.90. The first kappa shape index (κ1) is 10.8. The lowest BCUT2D eigenvalue weighted by molar-refractivity contribution is 0.0503. The Balaban J connectivity index is 2.34. The third-order valence-corrected chi connectivity index (χ3v) is 2.95. The standard InChI is InChI=1S/C9H16BrNO2/c1-8(2,3)13-7(12)11-9(6-10)4-5-9/h4-6H2,1-3H3,(H,11,12). The lowest BCUT2D eigenvalue weighted by Gasteiger charge is -2.22. The van der Waals surface area contributed by atoms with E-state index in [1.165, 1.54) is 0 Å². The van der Waals surface area contributed by atoms with Gasteiger partial charge in [0.2, 0.25) is 0 Å². The van der Waals surface area contributed by atoms with Crippen LogP contribution < -0.4 is 5.32 Å². The summed E-state index contributed by atoms with van der Waals surface area (Å²) in [7, 11) is 0. The van der Waals surface area contributed by atoms with Crippen molar-refractivity contribution < 1.29 is 9.53 Å². The smallest absolute Gasteiger partial charge is 0.408 e. The number of amides is 1. The molecule has 0 unspecified atom stereocenters. The highest BCUT2D eigenvalue weighted by Crippen LogP contribution is 2.37. The summed E-state index contributed by atoms with van der Waals surface area (Å²) in [6, 6.07) is 0. The molecule has 0 bridgehead atoms. The molecule has 0 spiro atoms. The van der Waals surface area contributed by atoms with Crippen LogP contribution in [0, 0.1) is 0 Å². The molecule has 1 fully saturated rings. The van der Waals surface area contributed by atoms with E-state index >= 15 is 0 Å². The van der Waals surface area contributed by atoms with Crippen molar-refractivity contribution in [3.8, 4) is 0 Å². The molecule has 13 heavy (non-hydrogen) atoms. The van der Waals surface area contributed by atoms with Crippen LogP contribution >= 0.6 is 15.9 Å². The first-order valence-corrected chi connectivity index (χ1v) is 5.56. The van der Waals surface area contributed by atoms with E-state index in [4.69, 9.17) is 4.74 Å². The molecule has 1 aliphatic rings. The number of ether oxygens (including phenoxy) is 1. The van der Waals surface area contributed by atoms with Crippen LogP contribution in [0.5, 0.6) is 0 Å². The minimum absolute atomic E-state index is 0.0255. The van der Waals surface area contributed by atoms with Crippen molar-refractivity contribution in [2.45, 2.75) is 44.8 Å². The average molecular weight is 250 g/mol. The number of halogens is 1. The molecule has 1 N–H and O–H groups in total. The van der Waals surface area contributed by atoms with Gasteiger partial charge in [0.25, 0.3) is 0 Å². The van der Waals surface area contributed by atoms with Gasteiger partial charge in [0.15, 0.2) is 0 Å². The molecule has 1 amide bonds. The zero-order valence-corrected chi connectivity index (χ0v) is 9.90. The number of rotatable bonds is 2. The Morgan fingerprint density at radius 1 is 1.54 bits per heavy atom. The van der Waals surface area contributed by atoms with E-state index in [-0.39, 0.29) is 11.6 Å². The molecule has 0 atom stereocenters. The molecule has 4 heteroatoms. The maximum atomic E-state index is 11.3. The second-order valence-electron chi connectivity index (χ2n) is 4.54. The first-order chi connectivity index (χ1) is 5.87. The third-order valence-electron chi connectivity index (χ3n) is 1.88. The molecule has 0 radical (unpaired) electrons. The van der Waals surface area contributed by atoms with Crippen LogP contribution in [-0.2, 0) is 4.74 Å². The van der Waals surface area contributed by atoms with Gasteiger partial charge in [0, 0.05) is 5.33 Å². The lowest BCUT2D eigenvalue weighted by atomic mass is 10.2. The van der Waals surface area contributed by atoms with Crippen molar-refractivity contribution >= 4 is 22.0 Å². The zero-order chi connectivity index (χ0) is 10.1. The Bertz CT molecular complexity index is 206. The predicted octanol–water partition coefficient (Wildman–Crippen LogP) is 2.44. The van der Waals surface area contributed by atoms with Gasteiger partial charge in [-0.3, -0.25) is 0 Å². The van der Waals surface area contributed by atoms with Crippen LogP contribution in [0.4, 0.5) is 4.79 Å². The Hall–Kier alpha value is -0.250. The number of carbonyl (C=O) groups is 1. The maximum absolute atomic E-state index is 11.3. The van der Waals surface area contributed by atoms with E-state index in [0.717, 1.165) is 18.2 Å². The predicted molar refractivity (Wildman–Crippen MR) is 55.1 cm³/mol. The van der Waals surface area contributed by atoms with E-state index in [2.05, 4.69) is 21.2 Å². The van der Waals surface area contributed by atoms with Gasteiger partial charge < -0.3 is 10.1 Å². The molecule has 1 rings (SSSR count). The summed E-state index contributed by atoms with van der Waals surface area (Å²) in [6.45, 7) is 5.58. The molecule has 0 aromatic rings.